The molecule has 0 amide bonds. The molecule has 0 radical (unpaired) electrons. The highest BCUT2D eigenvalue weighted by molar-refractivity contribution is 7.93. The van der Waals surface area contributed by atoms with Gasteiger partial charge in [0, 0.05) is 0 Å². The third-order valence-electron chi connectivity index (χ3n) is 4.21. The number of phenolic OH excluding ortho intramolecular Hbond substituents is 1. The summed E-state index contributed by atoms with van der Waals surface area (Å²) in [6.07, 6.45) is 2.23. The van der Waals surface area contributed by atoms with Gasteiger partial charge in [0.15, 0.2) is 0 Å². The Morgan fingerprint density at radius 1 is 1.10 bits per heavy atom. The van der Waals surface area contributed by atoms with Crippen molar-refractivity contribution in [1.82, 2.24) is 0 Å². The quantitative estimate of drug-likeness (QED) is 0.541. The van der Waals surface area contributed by atoms with Gasteiger partial charge in [-0.3, -0.25) is 4.31 Å². The molecule has 0 bridgehead atoms. The predicted octanol–water partition coefficient (Wildman–Crippen LogP) is 3.85. The predicted molar refractivity (Wildman–Crippen MR) is 111 cm³/mol. The second-order valence-corrected chi connectivity index (χ2v) is 8.29. The molecule has 2 aromatic rings. The van der Waals surface area contributed by atoms with Crippen molar-refractivity contribution in [3.8, 4) is 5.75 Å². The number of ether oxygens (including phenoxy) is 2. The number of rotatable bonds is 7. The summed E-state index contributed by atoms with van der Waals surface area (Å²) in [5.74, 6) is -0.155. The number of anilines is 1. The highest BCUT2D eigenvalue weighted by Crippen LogP contribution is 2.33. The summed E-state index contributed by atoms with van der Waals surface area (Å²) in [6, 6.07) is 9.84. The summed E-state index contributed by atoms with van der Waals surface area (Å²) >= 11 is 0. The van der Waals surface area contributed by atoms with Crippen LogP contribution in [-0.4, -0.2) is 39.9 Å². The number of methoxy groups -OCH3 is 1. The molecule has 7 nitrogen and oxygen atoms in total. The number of hydrogen-bond donors (Lipinski definition) is 1. The molecular weight excluding hydrogens is 394 g/mol. The van der Waals surface area contributed by atoms with Crippen LogP contribution >= 0.6 is 0 Å². The molecule has 8 heteroatoms. The van der Waals surface area contributed by atoms with Crippen molar-refractivity contribution in [2.45, 2.75) is 25.7 Å². The summed E-state index contributed by atoms with van der Waals surface area (Å²) < 4.78 is 37.3. The number of hydrogen-bond acceptors (Lipinski definition) is 6. The minimum absolute atomic E-state index is 0.0583. The Labute approximate surface area is 171 Å². The van der Waals surface area contributed by atoms with Gasteiger partial charge >= 0.3 is 6.16 Å². The van der Waals surface area contributed by atoms with Crippen molar-refractivity contribution in [2.24, 2.45) is 0 Å². The first-order valence-electron chi connectivity index (χ1n) is 8.92. The average molecular weight is 419 g/mol. The highest BCUT2D eigenvalue weighted by atomic mass is 32.2. The summed E-state index contributed by atoms with van der Waals surface area (Å²) in [4.78, 5) is 11.2. The van der Waals surface area contributed by atoms with Crippen molar-refractivity contribution in [3.63, 3.8) is 0 Å². The molecule has 0 fully saturated rings. The molecule has 0 unspecified atom stereocenters. The molecule has 0 heterocycles. The van der Waals surface area contributed by atoms with E-state index < -0.39 is 16.2 Å². The largest absolute Gasteiger partial charge is 0.508 e. The van der Waals surface area contributed by atoms with E-state index >= 15 is 0 Å². The Bertz CT molecular complexity index is 991. The van der Waals surface area contributed by atoms with Gasteiger partial charge in [-0.1, -0.05) is 35.9 Å². The van der Waals surface area contributed by atoms with Gasteiger partial charge in [0.1, 0.15) is 12.4 Å². The lowest BCUT2D eigenvalue weighted by atomic mass is 10.1. The summed E-state index contributed by atoms with van der Waals surface area (Å²) in [5.41, 5.74) is 2.38. The number of nitrogens with zero attached hydrogens (tertiary/aromatic N) is 1. The fourth-order valence-electron chi connectivity index (χ4n) is 3.10. The SMILES string of the molecule is COC(=O)OC/C=C\CN(c1ccccc1O)S(=O)(=O)c1c(C)cc(C)cc1C. The monoisotopic (exact) mass is 419 g/mol. The first-order valence-corrected chi connectivity index (χ1v) is 10.4. The molecule has 0 saturated heterocycles. The van der Waals surface area contributed by atoms with Crippen LogP contribution in [0.3, 0.4) is 0 Å². The van der Waals surface area contributed by atoms with Crippen LogP contribution < -0.4 is 4.31 Å². The van der Waals surface area contributed by atoms with E-state index in [1.807, 2.05) is 19.1 Å². The van der Waals surface area contributed by atoms with Crippen LogP contribution in [0.25, 0.3) is 0 Å². The minimum atomic E-state index is -3.97. The Hall–Kier alpha value is -3.00. The smallest absolute Gasteiger partial charge is 0.506 e. The van der Waals surface area contributed by atoms with Crippen molar-refractivity contribution in [3.05, 3.63) is 65.2 Å². The maximum atomic E-state index is 13.5. The number of para-hydroxylation sites is 2. The molecule has 29 heavy (non-hydrogen) atoms. The number of carbonyl (C=O) groups is 1. The van der Waals surface area contributed by atoms with Crippen LogP contribution in [0.15, 0.2) is 53.4 Å². The fraction of sp³-hybridized carbons (Fsp3) is 0.286. The zero-order chi connectivity index (χ0) is 21.6. The first-order chi connectivity index (χ1) is 13.7. The maximum absolute atomic E-state index is 13.5. The molecule has 0 aliphatic rings. The van der Waals surface area contributed by atoms with Gasteiger partial charge < -0.3 is 14.6 Å². The Balaban J connectivity index is 2.44. The molecule has 0 aliphatic heterocycles. The van der Waals surface area contributed by atoms with Crippen LogP contribution in [0.2, 0.25) is 0 Å². The first kappa shape index (κ1) is 22.3. The normalized spacial score (nSPS) is 11.4. The van der Waals surface area contributed by atoms with Gasteiger partial charge in [0.25, 0.3) is 10.0 Å². The van der Waals surface area contributed by atoms with E-state index in [1.54, 1.807) is 32.1 Å². The molecule has 2 rings (SSSR count). The van der Waals surface area contributed by atoms with E-state index in [1.165, 1.54) is 25.3 Å². The molecule has 0 aromatic heterocycles. The molecule has 1 N–H and O–H groups in total. The zero-order valence-electron chi connectivity index (χ0n) is 16.9. The van der Waals surface area contributed by atoms with Gasteiger partial charge in [-0.25, -0.2) is 13.2 Å². The zero-order valence-corrected chi connectivity index (χ0v) is 17.7. The standard InChI is InChI=1S/C21H25NO6S/c1-15-13-16(2)20(17(3)14-15)29(25,26)22(18-9-5-6-10-19(18)23)11-7-8-12-28-21(24)27-4/h5-10,13-14,23H,11-12H2,1-4H3/b8-7-. The number of carbonyl (C=O) groups excluding carboxylic acids is 1. The maximum Gasteiger partial charge on any atom is 0.508 e. The highest BCUT2D eigenvalue weighted by Gasteiger charge is 2.29. The van der Waals surface area contributed by atoms with E-state index in [2.05, 4.69) is 4.74 Å². The van der Waals surface area contributed by atoms with Gasteiger partial charge in [-0.15, -0.1) is 0 Å². The van der Waals surface area contributed by atoms with Gasteiger partial charge in [-0.05, 0) is 50.1 Å². The van der Waals surface area contributed by atoms with E-state index in [9.17, 15) is 18.3 Å². The van der Waals surface area contributed by atoms with Crippen molar-refractivity contribution >= 4 is 21.9 Å². The molecule has 156 valence electrons. The third kappa shape index (κ3) is 5.29. The molecule has 0 atom stereocenters. The number of phenols is 1. The average Bonchev–Trinajstić information content (AvgIpc) is 2.64. The summed E-state index contributed by atoms with van der Waals surface area (Å²) in [7, 11) is -2.77. The Kier molecular flexibility index (Phi) is 7.28. The van der Waals surface area contributed by atoms with E-state index in [4.69, 9.17) is 4.74 Å². The summed E-state index contributed by atoms with van der Waals surface area (Å²) in [5, 5.41) is 10.3. The minimum Gasteiger partial charge on any atom is -0.506 e. The van der Waals surface area contributed by atoms with Crippen LogP contribution in [0.5, 0.6) is 5.75 Å². The number of benzene rings is 2. The van der Waals surface area contributed by atoms with E-state index in [0.29, 0.717) is 11.1 Å². The van der Waals surface area contributed by atoms with Crippen molar-refractivity contribution < 1.29 is 27.8 Å². The van der Waals surface area contributed by atoms with Gasteiger partial charge in [0.2, 0.25) is 0 Å². The second-order valence-electron chi connectivity index (χ2n) is 6.49. The Morgan fingerprint density at radius 2 is 1.72 bits per heavy atom. The van der Waals surface area contributed by atoms with Crippen molar-refractivity contribution in [1.29, 1.82) is 0 Å². The summed E-state index contributed by atoms with van der Waals surface area (Å²) in [6.45, 7) is 5.27. The number of aryl methyl sites for hydroxylation is 3. The molecule has 0 saturated carbocycles. The lowest BCUT2D eigenvalue weighted by Gasteiger charge is -2.26. The van der Waals surface area contributed by atoms with Crippen molar-refractivity contribution in [2.75, 3.05) is 24.6 Å². The van der Waals surface area contributed by atoms with Crippen LogP contribution in [0, 0.1) is 20.8 Å². The molecular formula is C21H25NO6S. The van der Waals surface area contributed by atoms with Gasteiger partial charge in [0.05, 0.1) is 24.2 Å². The molecule has 0 spiro atoms. The topological polar surface area (TPSA) is 93.1 Å². The molecule has 2 aromatic carbocycles. The van der Waals surface area contributed by atoms with Crippen LogP contribution in [0.4, 0.5) is 10.5 Å². The van der Waals surface area contributed by atoms with Gasteiger partial charge in [-0.2, -0.15) is 0 Å². The third-order valence-corrected chi connectivity index (χ3v) is 6.29. The lowest BCUT2D eigenvalue weighted by Crippen LogP contribution is -2.32. The number of aromatic hydroxyl groups is 1. The Morgan fingerprint density at radius 3 is 2.31 bits per heavy atom. The molecule has 0 aliphatic carbocycles. The van der Waals surface area contributed by atoms with Crippen LogP contribution in [-0.2, 0) is 19.5 Å². The van der Waals surface area contributed by atoms with E-state index in [-0.39, 0.29) is 29.5 Å². The van der Waals surface area contributed by atoms with E-state index in [0.717, 1.165) is 9.87 Å². The fourth-order valence-corrected chi connectivity index (χ4v) is 4.95. The second kappa shape index (κ2) is 9.47. The van der Waals surface area contributed by atoms with Crippen LogP contribution in [0.1, 0.15) is 16.7 Å². The lowest BCUT2D eigenvalue weighted by molar-refractivity contribution is 0.0818. The number of sulfonamides is 1.